The highest BCUT2D eigenvalue weighted by Gasteiger charge is 2.29. The number of rotatable bonds is 1. The number of benzene rings is 8. The van der Waals surface area contributed by atoms with Crippen molar-refractivity contribution in [1.82, 2.24) is 4.57 Å². The van der Waals surface area contributed by atoms with Crippen LogP contribution < -0.4 is 37.9 Å². The van der Waals surface area contributed by atoms with Gasteiger partial charge in [0.1, 0.15) is 45.7 Å². The lowest BCUT2D eigenvalue weighted by molar-refractivity contribution is 0.0909. The van der Waals surface area contributed by atoms with E-state index in [1.807, 2.05) is 72.8 Å². The predicted molar refractivity (Wildman–Crippen MR) is 324 cm³/mol. The van der Waals surface area contributed by atoms with Crippen LogP contribution in [0.2, 0.25) is 0 Å². The minimum atomic E-state index is 0.0469. The Morgan fingerprint density at radius 1 is 0.337 bits per heavy atom. The van der Waals surface area contributed by atoms with E-state index in [-0.39, 0.29) is 41.5 Å². The van der Waals surface area contributed by atoms with Crippen LogP contribution in [-0.2, 0) is 6.54 Å². The van der Waals surface area contributed by atoms with E-state index >= 15 is 0 Å². The minimum Gasteiger partial charge on any atom is -0.492 e. The number of furan rings is 1. The zero-order valence-corrected chi connectivity index (χ0v) is 47.4. The second-order valence-electron chi connectivity index (χ2n) is 21.2. The molecule has 0 radical (unpaired) electrons. The van der Waals surface area contributed by atoms with Crippen LogP contribution >= 0.6 is 11.3 Å². The maximum atomic E-state index is 12.1. The fourth-order valence-corrected chi connectivity index (χ4v) is 12.9. The van der Waals surface area contributed by atoms with Crippen molar-refractivity contribution in [1.29, 1.82) is 0 Å². The summed E-state index contributed by atoms with van der Waals surface area (Å²) in [5.74, 6) is 5.73. The molecule has 0 fully saturated rings. The summed E-state index contributed by atoms with van der Waals surface area (Å²) in [4.78, 5) is 70.5. The Morgan fingerprint density at radius 2 is 0.756 bits per heavy atom. The van der Waals surface area contributed by atoms with Gasteiger partial charge in [0.05, 0.1) is 78.5 Å². The van der Waals surface area contributed by atoms with Crippen LogP contribution in [0.3, 0.4) is 0 Å². The quantitative estimate of drug-likeness (QED) is 0.150. The van der Waals surface area contributed by atoms with Crippen molar-refractivity contribution in [3.63, 3.8) is 0 Å². The Balaban J connectivity index is 0.0000000954. The van der Waals surface area contributed by atoms with Crippen LogP contribution in [0.25, 0.3) is 63.9 Å². The van der Waals surface area contributed by atoms with Gasteiger partial charge in [0.2, 0.25) is 6.79 Å². The Labute approximate surface area is 494 Å². The van der Waals surface area contributed by atoms with Crippen molar-refractivity contribution >= 4 is 110 Å². The molecule has 7 aliphatic rings. The molecule has 0 aliphatic carbocycles. The Kier molecular flexibility index (Phi) is 14.1. The number of aromatic nitrogens is 1. The first-order chi connectivity index (χ1) is 42.0. The Morgan fingerprint density at radius 3 is 1.33 bits per heavy atom. The van der Waals surface area contributed by atoms with Crippen LogP contribution in [0.5, 0.6) is 46.0 Å². The lowest BCUT2D eigenvalue weighted by Crippen LogP contribution is -2.20. The molecule has 0 saturated carbocycles. The fraction of sp³-hybridized carbons (Fsp3) is 0.217. The van der Waals surface area contributed by atoms with E-state index in [1.54, 1.807) is 41.7 Å². The van der Waals surface area contributed by atoms with Crippen LogP contribution in [0.15, 0.2) is 138 Å². The van der Waals surface area contributed by atoms with Crippen LogP contribution in [0.4, 0.5) is 0 Å². The van der Waals surface area contributed by atoms with E-state index in [9.17, 15) is 28.8 Å². The van der Waals surface area contributed by atoms with E-state index in [1.165, 1.54) is 26.4 Å². The van der Waals surface area contributed by atoms with Gasteiger partial charge in [-0.25, -0.2) is 0 Å². The first-order valence-corrected chi connectivity index (χ1v) is 29.4. The van der Waals surface area contributed by atoms with Gasteiger partial charge in [-0.2, -0.15) is 0 Å². The Hall–Kier alpha value is -10.0. The van der Waals surface area contributed by atoms with Crippen molar-refractivity contribution in [2.24, 2.45) is 0 Å². The molecule has 0 N–H and O–H groups in total. The number of hydrogen-bond donors (Lipinski definition) is 0. The third-order valence-corrected chi connectivity index (χ3v) is 17.2. The fourth-order valence-electron chi connectivity index (χ4n) is 11.8. The minimum absolute atomic E-state index is 0.0469. The third-order valence-electron chi connectivity index (χ3n) is 16.0. The Bertz CT molecular complexity index is 4480. The van der Waals surface area contributed by atoms with E-state index in [2.05, 4.69) is 41.8 Å². The van der Waals surface area contributed by atoms with Crippen LogP contribution in [0.1, 0.15) is 108 Å². The molecule has 430 valence electrons. The van der Waals surface area contributed by atoms with E-state index < -0.39 is 0 Å². The van der Waals surface area contributed by atoms with Crippen molar-refractivity contribution < 1.29 is 71.1 Å². The molecule has 86 heavy (non-hydrogen) atoms. The van der Waals surface area contributed by atoms with Crippen molar-refractivity contribution in [3.05, 3.63) is 167 Å². The number of para-hydroxylation sites is 2. The molecule has 18 rings (SSSR count). The molecule has 0 unspecified atom stereocenters. The number of Topliss-reactive ketones (excluding diaryl/α,β-unsaturated/α-hetero) is 6. The van der Waals surface area contributed by atoms with E-state index in [0.29, 0.717) is 135 Å². The van der Waals surface area contributed by atoms with E-state index in [0.717, 1.165) is 66.7 Å². The SMILES string of the molecule is CCn1c2ccccc2c2cc3c(cc21)C(=O)CCO3.O=C1CCOc2cc3c(cc21)OCCC3=O.O=C1CCOc2cc3c(cc21)OCO3.O=C1CCOc2cc3c(cc21)oc1ccccc13.O=C1CCOc2cc3c(cc21)sc1ccccc13. The van der Waals surface area contributed by atoms with Gasteiger partial charge in [0, 0.05) is 98.4 Å². The molecule has 7 aliphatic heterocycles. The molecular weight excluding hydrogens is 1110 g/mol. The number of carbonyl (C=O) groups is 6. The summed E-state index contributed by atoms with van der Waals surface area (Å²) in [6, 6.07) is 42.9. The highest BCUT2D eigenvalue weighted by molar-refractivity contribution is 7.25. The summed E-state index contributed by atoms with van der Waals surface area (Å²) < 4.78 is 53.7. The first kappa shape index (κ1) is 54.0. The standard InChI is InChI=1S/C17H15NO2.C15H10O3.C15H10O2S.C12H10O4.C10H8O4/c1-2-18-14-6-4-3-5-11(14)12-10-17-13(9-15(12)18)16(19)7-8-20-17;16-12-5-6-17-14-7-10-9-3-1-2-4-13(9)18-15(10)8-11(12)14;16-12-5-6-17-13-7-10-9-3-1-2-4-14(9)18-15(10)8-11(12)13;13-9-1-3-15-11-6-8-10(14)2-4-16-12(8)5-7(9)11;11-7-1-2-12-8-4-10-9(3-6(7)8)13-5-14-10/h3-6,9-10H,2,7-8H2,1H3;2*1-4,7-8H,5-6H2;5-6H,1-4H2;3-4H,1-2,5H2. The van der Waals surface area contributed by atoms with Gasteiger partial charge in [-0.3, -0.25) is 28.8 Å². The third kappa shape index (κ3) is 9.96. The summed E-state index contributed by atoms with van der Waals surface area (Å²) in [7, 11) is 0. The molecule has 0 bridgehead atoms. The average Bonchev–Trinajstić information content (AvgIpc) is 2.07. The molecule has 0 spiro atoms. The molecule has 0 saturated heterocycles. The van der Waals surface area contributed by atoms with Gasteiger partial charge in [-0.1, -0.05) is 54.6 Å². The summed E-state index contributed by atoms with van der Waals surface area (Å²) in [6.07, 6.45) is 2.62. The van der Waals surface area contributed by atoms with Crippen LogP contribution in [-0.4, -0.2) is 85.7 Å². The van der Waals surface area contributed by atoms with Gasteiger partial charge in [0.15, 0.2) is 46.2 Å². The van der Waals surface area contributed by atoms with Gasteiger partial charge in [-0.15, -0.1) is 11.3 Å². The number of fused-ring (bicyclic) bond motifs is 16. The van der Waals surface area contributed by atoms with Crippen molar-refractivity contribution in [2.75, 3.05) is 46.4 Å². The molecule has 8 aromatic carbocycles. The van der Waals surface area contributed by atoms with Crippen molar-refractivity contribution in [2.45, 2.75) is 52.0 Å². The summed E-state index contributed by atoms with van der Waals surface area (Å²) >= 11 is 1.73. The number of aryl methyl sites for hydroxylation is 1. The molecule has 16 nitrogen and oxygen atoms in total. The lowest BCUT2D eigenvalue weighted by atomic mass is 9.98. The largest absolute Gasteiger partial charge is 0.492 e. The first-order valence-electron chi connectivity index (χ1n) is 28.6. The lowest BCUT2D eigenvalue weighted by Gasteiger charge is -2.21. The summed E-state index contributed by atoms with van der Waals surface area (Å²) in [6.45, 7) is 5.91. The van der Waals surface area contributed by atoms with Crippen molar-refractivity contribution in [3.8, 4) is 46.0 Å². The number of ether oxygens (including phenoxy) is 8. The monoisotopic (exact) mass is 1170 g/mol. The van der Waals surface area contributed by atoms with Gasteiger partial charge < -0.3 is 46.9 Å². The summed E-state index contributed by atoms with van der Waals surface area (Å²) in [5.41, 5.74) is 7.65. The zero-order chi connectivity index (χ0) is 58.6. The smallest absolute Gasteiger partial charge is 0.231 e. The summed E-state index contributed by atoms with van der Waals surface area (Å²) in [5, 5.41) is 6.85. The second kappa shape index (κ2) is 22.5. The number of nitrogens with zero attached hydrogens (tertiary/aromatic N) is 1. The van der Waals surface area contributed by atoms with Gasteiger partial charge >= 0.3 is 0 Å². The molecule has 0 amide bonds. The molecule has 11 aromatic rings. The number of ketones is 6. The maximum absolute atomic E-state index is 12.1. The van der Waals surface area contributed by atoms with Gasteiger partial charge in [-0.05, 0) is 79.7 Å². The van der Waals surface area contributed by atoms with Gasteiger partial charge in [0.25, 0.3) is 0 Å². The average molecular weight is 1170 g/mol. The topological polar surface area (TPSA) is 194 Å². The maximum Gasteiger partial charge on any atom is 0.231 e. The molecule has 17 heteroatoms. The normalized spacial score (nSPS) is 15.8. The number of carbonyl (C=O) groups excluding carboxylic acids is 6. The second-order valence-corrected chi connectivity index (χ2v) is 22.3. The number of thiophene rings is 1. The predicted octanol–water partition coefficient (Wildman–Crippen LogP) is 14.3. The zero-order valence-electron chi connectivity index (χ0n) is 46.6. The molecule has 3 aromatic heterocycles. The molecule has 10 heterocycles. The number of hydrogen-bond acceptors (Lipinski definition) is 16. The molecule has 0 atom stereocenters. The van der Waals surface area contributed by atoms with Crippen LogP contribution in [0, 0.1) is 0 Å². The highest BCUT2D eigenvalue weighted by atomic mass is 32.1. The highest BCUT2D eigenvalue weighted by Crippen LogP contribution is 2.43. The van der Waals surface area contributed by atoms with E-state index in [4.69, 9.17) is 42.3 Å². The molecular formula is C69H53NO15S.